The number of H-pyrrole nitrogens is 1. The zero-order valence-electron chi connectivity index (χ0n) is 8.27. The number of aromatic amines is 1. The van der Waals surface area contributed by atoms with Crippen LogP contribution >= 0.6 is 38.6 Å². The van der Waals surface area contributed by atoms with Crippen LogP contribution in [0.15, 0.2) is 30.3 Å². The van der Waals surface area contributed by atoms with Gasteiger partial charge in [-0.2, -0.15) is 0 Å². The Bertz CT molecular complexity index is 670. The lowest BCUT2D eigenvalue weighted by atomic mass is 10.5. The maximum absolute atomic E-state index is 11.8. The lowest BCUT2D eigenvalue weighted by molar-refractivity contribution is 0.582. The lowest BCUT2D eigenvalue weighted by Crippen LogP contribution is -2.22. The molecule has 2 rings (SSSR count). The molecule has 2 aromatic heterocycles. The van der Waals surface area contributed by atoms with Crippen LogP contribution in [-0.4, -0.2) is 13.4 Å². The number of nitrogens with one attached hydrogen (secondary N) is 2. The number of rotatable bonds is 4. The Morgan fingerprint density at radius 1 is 1.41 bits per heavy atom. The Kier molecular flexibility index (Phi) is 3.83. The van der Waals surface area contributed by atoms with Crippen LogP contribution in [0.4, 0.5) is 0 Å². The summed E-state index contributed by atoms with van der Waals surface area (Å²) in [6.45, 7) is 0.0800. The number of thiophene rings is 1. The summed E-state index contributed by atoms with van der Waals surface area (Å²) in [7, 11) is -3.51. The van der Waals surface area contributed by atoms with Crippen molar-refractivity contribution in [3.63, 3.8) is 0 Å². The molecule has 9 heteroatoms. The Balaban J connectivity index is 2.11. The molecule has 0 aromatic carbocycles. The van der Waals surface area contributed by atoms with Crippen molar-refractivity contribution in [3.8, 4) is 0 Å². The minimum atomic E-state index is -3.51. The predicted octanol–water partition coefficient (Wildman–Crippen LogP) is 1.74. The Morgan fingerprint density at radius 3 is 2.71 bits per heavy atom. The quantitative estimate of drug-likeness (QED) is 0.877. The number of thiazole rings is 1. The fourth-order valence-corrected chi connectivity index (χ4v) is 4.73. The van der Waals surface area contributed by atoms with Crippen molar-refractivity contribution in [3.05, 3.63) is 36.7 Å². The summed E-state index contributed by atoms with van der Waals surface area (Å²) < 4.78 is 27.0. The van der Waals surface area contributed by atoms with Gasteiger partial charge in [0.15, 0.2) is 0 Å². The molecule has 92 valence electrons. The van der Waals surface area contributed by atoms with Gasteiger partial charge in [0.2, 0.25) is 10.0 Å². The highest BCUT2D eigenvalue weighted by atomic mass is 79.9. The average Bonchev–Trinajstić information content (AvgIpc) is 2.85. The number of aromatic nitrogens is 1. The number of halogens is 1. The van der Waals surface area contributed by atoms with E-state index < -0.39 is 10.0 Å². The van der Waals surface area contributed by atoms with Crippen LogP contribution in [0.2, 0.25) is 0 Å². The van der Waals surface area contributed by atoms with Gasteiger partial charge in [0.25, 0.3) is 0 Å². The largest absolute Gasteiger partial charge is 0.315 e. The van der Waals surface area contributed by atoms with E-state index in [-0.39, 0.29) is 15.6 Å². The molecule has 0 aliphatic carbocycles. The fourth-order valence-electron chi connectivity index (χ4n) is 1.09. The summed E-state index contributed by atoms with van der Waals surface area (Å²) in [5.41, 5.74) is 0.555. The van der Waals surface area contributed by atoms with E-state index in [1.807, 2.05) is 0 Å². The topological polar surface area (TPSA) is 79.0 Å². The van der Waals surface area contributed by atoms with Crippen LogP contribution in [0.25, 0.3) is 0 Å². The minimum absolute atomic E-state index is 0.0800. The summed E-state index contributed by atoms with van der Waals surface area (Å²) in [5, 5.41) is 1.59. The first kappa shape index (κ1) is 13.0. The van der Waals surface area contributed by atoms with Crippen LogP contribution < -0.4 is 9.60 Å². The molecule has 5 nitrogen and oxygen atoms in total. The van der Waals surface area contributed by atoms with Gasteiger partial charge >= 0.3 is 4.87 Å². The second-order valence-electron chi connectivity index (χ2n) is 3.06. The molecule has 0 aliphatic heterocycles. The van der Waals surface area contributed by atoms with Gasteiger partial charge in [0.1, 0.15) is 4.21 Å². The zero-order chi connectivity index (χ0) is 12.5. The molecule has 0 amide bonds. The minimum Gasteiger partial charge on any atom is -0.315 e. The van der Waals surface area contributed by atoms with Gasteiger partial charge < -0.3 is 4.98 Å². The third-order valence-electron chi connectivity index (χ3n) is 1.84. The summed E-state index contributed by atoms with van der Waals surface area (Å²) in [4.78, 5) is 13.2. The molecule has 2 aromatic rings. The van der Waals surface area contributed by atoms with Crippen molar-refractivity contribution >= 4 is 48.6 Å². The van der Waals surface area contributed by atoms with E-state index >= 15 is 0 Å². The van der Waals surface area contributed by atoms with Crippen LogP contribution in [0.1, 0.15) is 5.69 Å². The predicted molar refractivity (Wildman–Crippen MR) is 71.0 cm³/mol. The highest BCUT2D eigenvalue weighted by Gasteiger charge is 2.16. The first-order valence-electron chi connectivity index (χ1n) is 4.39. The van der Waals surface area contributed by atoms with Gasteiger partial charge in [-0.15, -0.1) is 11.3 Å². The van der Waals surface area contributed by atoms with Gasteiger partial charge in [0.05, 0.1) is 10.3 Å². The van der Waals surface area contributed by atoms with Crippen molar-refractivity contribution in [2.45, 2.75) is 10.8 Å². The van der Waals surface area contributed by atoms with E-state index in [2.05, 4.69) is 25.6 Å². The van der Waals surface area contributed by atoms with E-state index in [0.29, 0.717) is 5.69 Å². The number of hydrogen-bond donors (Lipinski definition) is 2. The van der Waals surface area contributed by atoms with Gasteiger partial charge in [-0.1, -0.05) is 11.3 Å². The second-order valence-corrected chi connectivity index (χ2v) is 8.36. The van der Waals surface area contributed by atoms with Crippen molar-refractivity contribution in [2.24, 2.45) is 0 Å². The van der Waals surface area contributed by atoms with Gasteiger partial charge in [-0.25, -0.2) is 13.1 Å². The highest BCUT2D eigenvalue weighted by molar-refractivity contribution is 9.11. The van der Waals surface area contributed by atoms with Gasteiger partial charge in [-0.05, 0) is 28.1 Å². The molecule has 2 N–H and O–H groups in total. The smallest absolute Gasteiger partial charge is 0.304 e. The Labute approximate surface area is 114 Å². The summed E-state index contributed by atoms with van der Waals surface area (Å²) in [6, 6.07) is 3.19. The molecule has 0 unspecified atom stereocenters. The highest BCUT2D eigenvalue weighted by Crippen LogP contribution is 2.25. The maximum atomic E-state index is 11.8. The van der Waals surface area contributed by atoms with E-state index in [1.165, 1.54) is 6.07 Å². The molecular formula is C8H7BrN2O3S3. The normalized spacial score (nSPS) is 11.8. The summed E-state index contributed by atoms with van der Waals surface area (Å²) >= 11 is 5.34. The van der Waals surface area contributed by atoms with Crippen LogP contribution in [0, 0.1) is 0 Å². The van der Waals surface area contributed by atoms with E-state index in [4.69, 9.17) is 0 Å². The number of sulfonamides is 1. The molecular weight excluding hydrogens is 348 g/mol. The molecule has 0 aliphatic rings. The molecule has 2 heterocycles. The Hall–Kier alpha value is -0.480. The monoisotopic (exact) mass is 354 g/mol. The van der Waals surface area contributed by atoms with Crippen molar-refractivity contribution in [2.75, 3.05) is 0 Å². The lowest BCUT2D eigenvalue weighted by Gasteiger charge is -2.02. The van der Waals surface area contributed by atoms with Crippen molar-refractivity contribution in [1.29, 1.82) is 0 Å². The summed E-state index contributed by atoms with van der Waals surface area (Å²) in [5.74, 6) is 0. The molecule has 0 fully saturated rings. The zero-order valence-corrected chi connectivity index (χ0v) is 12.3. The molecule has 0 bridgehead atoms. The van der Waals surface area contributed by atoms with Crippen LogP contribution in [0.3, 0.4) is 0 Å². The molecule has 0 saturated heterocycles. The third kappa shape index (κ3) is 3.26. The maximum Gasteiger partial charge on any atom is 0.304 e. The first-order chi connectivity index (χ1) is 7.97. The SMILES string of the molecule is O=c1[nH]c(CNS(=O)(=O)c2ccc(Br)s2)cs1. The molecule has 0 saturated carbocycles. The second kappa shape index (κ2) is 5.02. The van der Waals surface area contributed by atoms with Gasteiger partial charge in [-0.3, -0.25) is 4.79 Å². The molecule has 0 spiro atoms. The Morgan fingerprint density at radius 2 is 2.18 bits per heavy atom. The fraction of sp³-hybridized carbons (Fsp3) is 0.125. The first-order valence-corrected chi connectivity index (χ1v) is 8.36. The third-order valence-corrected chi connectivity index (χ3v) is 6.07. The molecule has 0 radical (unpaired) electrons. The molecule has 17 heavy (non-hydrogen) atoms. The average molecular weight is 355 g/mol. The van der Waals surface area contributed by atoms with Crippen molar-refractivity contribution < 1.29 is 8.42 Å². The van der Waals surface area contributed by atoms with E-state index in [1.54, 1.807) is 11.4 Å². The number of hydrogen-bond acceptors (Lipinski definition) is 5. The van der Waals surface area contributed by atoms with Crippen LogP contribution in [0.5, 0.6) is 0 Å². The summed E-state index contributed by atoms with van der Waals surface area (Å²) in [6.07, 6.45) is 0. The standard InChI is InChI=1S/C8H7BrN2O3S3/c9-6-1-2-7(16-6)17(13,14)10-3-5-4-15-8(12)11-5/h1-2,4,10H,3H2,(H,11,12). The van der Waals surface area contributed by atoms with Gasteiger partial charge in [0, 0.05) is 11.1 Å². The molecule has 0 atom stereocenters. The van der Waals surface area contributed by atoms with E-state index in [9.17, 15) is 13.2 Å². The van der Waals surface area contributed by atoms with E-state index in [0.717, 1.165) is 26.5 Å². The van der Waals surface area contributed by atoms with Crippen LogP contribution in [-0.2, 0) is 16.6 Å². The van der Waals surface area contributed by atoms with Crippen molar-refractivity contribution in [1.82, 2.24) is 9.71 Å².